The quantitative estimate of drug-likeness (QED) is 0.435. The molecule has 182 valence electrons. The Bertz CT molecular complexity index is 1190. The maximum absolute atomic E-state index is 12.6. The third-order valence-corrected chi connectivity index (χ3v) is 6.30. The third-order valence-electron chi connectivity index (χ3n) is 6.30. The first-order valence-corrected chi connectivity index (χ1v) is 11.5. The highest BCUT2D eigenvalue weighted by Crippen LogP contribution is 2.44. The number of nitrogens with zero attached hydrogens (tertiary/aromatic N) is 2. The number of ether oxygens (including phenoxy) is 1. The predicted molar refractivity (Wildman–Crippen MR) is 129 cm³/mol. The van der Waals surface area contributed by atoms with Crippen LogP contribution >= 0.6 is 0 Å². The molecule has 1 unspecified atom stereocenters. The largest absolute Gasteiger partial charge is 0.479 e. The minimum absolute atomic E-state index is 0.0632. The number of hydrogen-bond donors (Lipinski definition) is 3. The zero-order valence-corrected chi connectivity index (χ0v) is 19.6. The van der Waals surface area contributed by atoms with E-state index in [1.54, 1.807) is 7.05 Å². The summed E-state index contributed by atoms with van der Waals surface area (Å²) in [4.78, 5) is 36.8. The molecule has 35 heavy (non-hydrogen) atoms. The van der Waals surface area contributed by atoms with Crippen molar-refractivity contribution in [1.29, 1.82) is 0 Å². The molecule has 1 heterocycles. The second kappa shape index (κ2) is 10.4. The Morgan fingerprint density at radius 2 is 1.66 bits per heavy atom. The summed E-state index contributed by atoms with van der Waals surface area (Å²) in [7, 11) is 1.60. The number of nitrogens with one attached hydrogen (secondary N) is 2. The Labute approximate surface area is 203 Å². The van der Waals surface area contributed by atoms with Gasteiger partial charge >= 0.3 is 12.1 Å². The normalized spacial score (nSPS) is 13.9. The Hall–Kier alpha value is -4.14. The number of hydrogen-bond acceptors (Lipinski definition) is 5. The van der Waals surface area contributed by atoms with Crippen LogP contribution in [0, 0.1) is 0 Å². The van der Waals surface area contributed by atoms with Crippen LogP contribution in [0.15, 0.2) is 60.8 Å². The number of carboxylic acids is 1. The van der Waals surface area contributed by atoms with Gasteiger partial charge in [0, 0.05) is 31.6 Å². The summed E-state index contributed by atoms with van der Waals surface area (Å²) in [5.74, 6) is -1.75. The Morgan fingerprint density at radius 1 is 1.03 bits per heavy atom. The highest BCUT2D eigenvalue weighted by molar-refractivity contribution is 5.85. The first-order valence-electron chi connectivity index (χ1n) is 11.5. The molecular weight excluding hydrogens is 448 g/mol. The topological polar surface area (TPSA) is 123 Å². The van der Waals surface area contributed by atoms with Gasteiger partial charge in [-0.3, -0.25) is 9.48 Å². The lowest BCUT2D eigenvalue weighted by molar-refractivity contribution is -0.142. The molecule has 1 aliphatic carbocycles. The van der Waals surface area contributed by atoms with E-state index >= 15 is 0 Å². The van der Waals surface area contributed by atoms with Gasteiger partial charge in [0.05, 0.1) is 5.69 Å². The molecule has 0 saturated heterocycles. The average molecular weight is 477 g/mol. The van der Waals surface area contributed by atoms with E-state index in [1.807, 2.05) is 43.3 Å². The molecule has 4 rings (SSSR count). The molecule has 0 spiro atoms. The summed E-state index contributed by atoms with van der Waals surface area (Å²) in [5, 5.41) is 18.7. The van der Waals surface area contributed by atoms with Gasteiger partial charge in [0.2, 0.25) is 5.91 Å². The number of alkyl carbamates (subject to hydrolysis) is 1. The second-order valence-electron chi connectivity index (χ2n) is 8.50. The van der Waals surface area contributed by atoms with Crippen molar-refractivity contribution in [3.8, 4) is 11.1 Å². The van der Waals surface area contributed by atoms with Crippen molar-refractivity contribution in [1.82, 2.24) is 20.4 Å². The van der Waals surface area contributed by atoms with E-state index in [9.17, 15) is 19.5 Å². The van der Waals surface area contributed by atoms with Crippen LogP contribution in [0.3, 0.4) is 0 Å². The summed E-state index contributed by atoms with van der Waals surface area (Å²) in [5.41, 5.74) is 4.86. The highest BCUT2D eigenvalue weighted by Gasteiger charge is 2.30. The molecular formula is C26H28N4O5. The van der Waals surface area contributed by atoms with Gasteiger partial charge in [-0.05, 0) is 34.7 Å². The number of benzene rings is 2. The third kappa shape index (κ3) is 5.18. The predicted octanol–water partition coefficient (Wildman–Crippen LogP) is 3.37. The van der Waals surface area contributed by atoms with Crippen molar-refractivity contribution in [2.75, 3.05) is 6.61 Å². The second-order valence-corrected chi connectivity index (χ2v) is 8.50. The number of aromatic nitrogens is 2. The van der Waals surface area contributed by atoms with Gasteiger partial charge in [-0.15, -0.1) is 0 Å². The molecule has 2 aromatic carbocycles. The molecule has 0 fully saturated rings. The lowest BCUT2D eigenvalue weighted by Gasteiger charge is -2.20. The lowest BCUT2D eigenvalue weighted by atomic mass is 9.98. The Balaban J connectivity index is 1.34. The van der Waals surface area contributed by atoms with Crippen molar-refractivity contribution in [3.05, 3.63) is 77.6 Å². The zero-order chi connectivity index (χ0) is 24.9. The van der Waals surface area contributed by atoms with Crippen molar-refractivity contribution in [2.45, 2.75) is 37.8 Å². The van der Waals surface area contributed by atoms with Crippen molar-refractivity contribution in [2.24, 2.45) is 7.05 Å². The molecule has 2 amide bonds. The van der Waals surface area contributed by atoms with E-state index in [-0.39, 0.29) is 18.9 Å². The van der Waals surface area contributed by atoms with Crippen LogP contribution in [0.4, 0.5) is 4.79 Å². The molecule has 2 atom stereocenters. The molecule has 3 aromatic rings. The van der Waals surface area contributed by atoms with Crippen LogP contribution in [0.25, 0.3) is 11.1 Å². The molecule has 9 heteroatoms. The van der Waals surface area contributed by atoms with Crippen molar-refractivity contribution < 1.29 is 24.2 Å². The van der Waals surface area contributed by atoms with Gasteiger partial charge in [-0.1, -0.05) is 55.5 Å². The maximum Gasteiger partial charge on any atom is 0.407 e. The average Bonchev–Trinajstić information content (AvgIpc) is 3.41. The number of aliphatic carboxylic acids is 1. The number of aryl methyl sites for hydroxylation is 1. The lowest BCUT2D eigenvalue weighted by Crippen LogP contribution is -2.41. The van der Waals surface area contributed by atoms with E-state index in [4.69, 9.17) is 4.74 Å². The number of carbonyl (C=O) groups excluding carboxylic acids is 2. The van der Waals surface area contributed by atoms with E-state index in [0.29, 0.717) is 12.1 Å². The fourth-order valence-electron chi connectivity index (χ4n) is 4.48. The first kappa shape index (κ1) is 24.0. The van der Waals surface area contributed by atoms with E-state index < -0.39 is 30.1 Å². The molecule has 3 N–H and O–H groups in total. The van der Waals surface area contributed by atoms with E-state index in [2.05, 4.69) is 27.9 Å². The molecule has 0 aliphatic heterocycles. The molecule has 1 aromatic heterocycles. The summed E-state index contributed by atoms with van der Waals surface area (Å²) in [6.07, 6.45) is 1.24. The van der Waals surface area contributed by atoms with Crippen molar-refractivity contribution in [3.63, 3.8) is 0 Å². The van der Waals surface area contributed by atoms with Gasteiger partial charge in [-0.2, -0.15) is 5.10 Å². The SMILES string of the molecule is CC[C@H](CC(=O)NC(C(=O)O)c1ccnn1C)NC(=O)OCC1c2ccccc2-c2ccccc21. The first-order chi connectivity index (χ1) is 16.9. The van der Waals surface area contributed by atoms with Gasteiger partial charge in [0.15, 0.2) is 6.04 Å². The summed E-state index contributed by atoms with van der Waals surface area (Å²) in [6, 6.07) is 15.9. The smallest absolute Gasteiger partial charge is 0.407 e. The summed E-state index contributed by atoms with van der Waals surface area (Å²) < 4.78 is 6.95. The van der Waals surface area contributed by atoms with E-state index in [0.717, 1.165) is 22.3 Å². The summed E-state index contributed by atoms with van der Waals surface area (Å²) in [6.45, 7) is 2.00. The zero-order valence-electron chi connectivity index (χ0n) is 19.6. The van der Waals surface area contributed by atoms with Crippen LogP contribution in [-0.4, -0.2) is 45.5 Å². The fraction of sp³-hybridized carbons (Fsp3) is 0.308. The Morgan fingerprint density at radius 3 is 2.20 bits per heavy atom. The van der Waals surface area contributed by atoms with Gasteiger partial charge in [0.25, 0.3) is 0 Å². The fourth-order valence-corrected chi connectivity index (χ4v) is 4.48. The minimum atomic E-state index is -1.23. The van der Waals surface area contributed by atoms with Crippen LogP contribution in [0.1, 0.15) is 48.5 Å². The minimum Gasteiger partial charge on any atom is -0.479 e. The maximum atomic E-state index is 12.6. The number of carbonyl (C=O) groups is 3. The van der Waals surface area contributed by atoms with Gasteiger partial charge in [0.1, 0.15) is 6.61 Å². The Kier molecular flexibility index (Phi) is 7.14. The monoisotopic (exact) mass is 476 g/mol. The highest BCUT2D eigenvalue weighted by atomic mass is 16.5. The molecule has 9 nitrogen and oxygen atoms in total. The van der Waals surface area contributed by atoms with Crippen LogP contribution in [0.2, 0.25) is 0 Å². The summed E-state index contributed by atoms with van der Waals surface area (Å²) >= 11 is 0. The number of carboxylic acid groups (broad SMARTS) is 1. The number of rotatable bonds is 9. The van der Waals surface area contributed by atoms with Crippen LogP contribution in [0.5, 0.6) is 0 Å². The molecule has 0 saturated carbocycles. The molecule has 0 radical (unpaired) electrons. The van der Waals surface area contributed by atoms with Crippen molar-refractivity contribution >= 4 is 18.0 Å². The number of fused-ring (bicyclic) bond motifs is 3. The molecule has 1 aliphatic rings. The van der Waals surface area contributed by atoms with Gasteiger partial charge in [-0.25, -0.2) is 9.59 Å². The van der Waals surface area contributed by atoms with Gasteiger partial charge < -0.3 is 20.5 Å². The van der Waals surface area contributed by atoms with E-state index in [1.165, 1.54) is 16.9 Å². The molecule has 0 bridgehead atoms. The standard InChI is InChI=1S/C26H28N4O5/c1-3-16(14-23(31)29-24(25(32)33)22-12-13-27-30(22)2)28-26(34)35-15-21-19-10-6-4-8-17(19)18-9-5-7-11-20(18)21/h4-13,16,21,24H,3,14-15H2,1-2H3,(H,28,34)(H,29,31)(H,32,33)/t16-,24?/m1/s1. The van der Waals surface area contributed by atoms with Crippen LogP contribution in [-0.2, 0) is 21.4 Å². The number of amides is 2. The van der Waals surface area contributed by atoms with Crippen LogP contribution < -0.4 is 10.6 Å².